The molecule has 0 aliphatic heterocycles. The molecule has 128 valence electrons. The van der Waals surface area contributed by atoms with Crippen LogP contribution >= 0.6 is 0 Å². The number of quaternary nitrogens is 1. The molecule has 0 unspecified atom stereocenters. The number of carbonyl (C=O) groups excluding carboxylic acids is 1. The Hall–Kier alpha value is -0.0900. The second-order valence-electron chi connectivity index (χ2n) is 6.06. The summed E-state index contributed by atoms with van der Waals surface area (Å²) in [6.45, 7) is 12.1. The van der Waals surface area contributed by atoms with Gasteiger partial charge in [0.2, 0.25) is 5.91 Å². The quantitative estimate of drug-likeness (QED) is 0.360. The van der Waals surface area contributed by atoms with Gasteiger partial charge in [-0.25, -0.2) is 0 Å². The summed E-state index contributed by atoms with van der Waals surface area (Å²) in [5.41, 5.74) is 5.12. The maximum absolute atomic E-state index is 10.6. The molecule has 0 fully saturated rings. The molecule has 0 aromatic rings. The monoisotopic (exact) mass is 364 g/mol. The van der Waals surface area contributed by atoms with Gasteiger partial charge in [0.1, 0.15) is 0 Å². The Morgan fingerprint density at radius 2 is 1.14 bits per heavy atom. The Labute approximate surface area is 143 Å². The Morgan fingerprint density at radius 1 is 0.762 bits per heavy atom. The van der Waals surface area contributed by atoms with Crippen LogP contribution in [0.2, 0.25) is 0 Å². The van der Waals surface area contributed by atoms with Crippen LogP contribution in [-0.4, -0.2) is 36.6 Å². The number of nitrogens with zero attached hydrogens (tertiary/aromatic N) is 1. The number of nitrogens with two attached hydrogens (primary N) is 1. The first-order valence-corrected chi connectivity index (χ1v) is 8.73. The van der Waals surface area contributed by atoms with Crippen molar-refractivity contribution in [1.82, 2.24) is 0 Å². The molecule has 0 rings (SSSR count). The third-order valence-corrected chi connectivity index (χ3v) is 4.82. The standard InChI is InChI=1S/C17H36N2O.BrH/c1-4-19(5-2,6-3)16-14-12-10-8-7-9-11-13-15-17(18)20;/h4-16H2,1-3H3,(H-,18,20);1H. The lowest BCUT2D eigenvalue weighted by Crippen LogP contribution is -3.00. The summed E-state index contributed by atoms with van der Waals surface area (Å²) in [7, 11) is 0. The number of hydrogen-bond acceptors (Lipinski definition) is 1. The number of primary amides is 1. The average molecular weight is 365 g/mol. The molecule has 0 aromatic heterocycles. The molecule has 2 N–H and O–H groups in total. The second kappa shape index (κ2) is 14.8. The average Bonchev–Trinajstić information content (AvgIpc) is 2.45. The largest absolute Gasteiger partial charge is 1.00 e. The van der Waals surface area contributed by atoms with E-state index in [0.29, 0.717) is 6.42 Å². The highest BCUT2D eigenvalue weighted by atomic mass is 79.9. The number of carbonyl (C=O) groups is 1. The van der Waals surface area contributed by atoms with E-state index in [9.17, 15) is 4.79 Å². The number of hydrogen-bond donors (Lipinski definition) is 1. The highest BCUT2D eigenvalue weighted by Crippen LogP contribution is 2.13. The van der Waals surface area contributed by atoms with Crippen molar-refractivity contribution in [2.45, 2.75) is 78.6 Å². The Kier molecular flexibility index (Phi) is 16.4. The first-order valence-electron chi connectivity index (χ1n) is 8.73. The van der Waals surface area contributed by atoms with Crippen LogP contribution in [0.5, 0.6) is 0 Å². The molecule has 0 bridgehead atoms. The first-order chi connectivity index (χ1) is 9.60. The zero-order valence-electron chi connectivity index (χ0n) is 14.5. The van der Waals surface area contributed by atoms with Crippen molar-refractivity contribution in [3.63, 3.8) is 0 Å². The number of unbranched alkanes of at least 4 members (excludes halogenated alkanes) is 7. The molecule has 0 atom stereocenters. The highest BCUT2D eigenvalue weighted by Gasteiger charge is 2.19. The summed E-state index contributed by atoms with van der Waals surface area (Å²) in [5, 5.41) is 0. The maximum atomic E-state index is 10.6. The highest BCUT2D eigenvalue weighted by molar-refractivity contribution is 5.73. The van der Waals surface area contributed by atoms with E-state index >= 15 is 0 Å². The minimum absolute atomic E-state index is 0. The summed E-state index contributed by atoms with van der Waals surface area (Å²) < 4.78 is 1.28. The van der Waals surface area contributed by atoms with Gasteiger partial charge in [0, 0.05) is 6.42 Å². The zero-order chi connectivity index (χ0) is 15.3. The Bertz CT molecular complexity index is 235. The lowest BCUT2D eigenvalue weighted by Gasteiger charge is -2.35. The lowest BCUT2D eigenvalue weighted by molar-refractivity contribution is -0.923. The smallest absolute Gasteiger partial charge is 0.217 e. The minimum atomic E-state index is -0.158. The molecule has 0 aliphatic carbocycles. The van der Waals surface area contributed by atoms with Gasteiger partial charge in [-0.05, 0) is 40.0 Å². The SMILES string of the molecule is CC[N+](CC)(CC)CCCCCCCCCCC(N)=O.[Br-]. The first kappa shape index (κ1) is 23.2. The van der Waals surface area contributed by atoms with Crippen molar-refractivity contribution >= 4 is 5.91 Å². The fourth-order valence-corrected chi connectivity index (χ4v) is 2.95. The van der Waals surface area contributed by atoms with Crippen LogP contribution in [0, 0.1) is 0 Å². The molecule has 0 aromatic carbocycles. The van der Waals surface area contributed by atoms with Crippen LogP contribution in [-0.2, 0) is 4.79 Å². The molecule has 0 aliphatic rings. The molecule has 0 saturated heterocycles. The van der Waals surface area contributed by atoms with Gasteiger partial charge in [0.25, 0.3) is 0 Å². The van der Waals surface area contributed by atoms with E-state index in [1.807, 2.05) is 0 Å². The molecule has 0 spiro atoms. The molecule has 1 amide bonds. The minimum Gasteiger partial charge on any atom is -1.00 e. The van der Waals surface area contributed by atoms with Gasteiger partial charge < -0.3 is 27.2 Å². The van der Waals surface area contributed by atoms with Crippen LogP contribution in [0.4, 0.5) is 0 Å². The predicted octanol–water partition coefficient (Wildman–Crippen LogP) is 0.863. The van der Waals surface area contributed by atoms with Crippen LogP contribution in [0.1, 0.15) is 78.6 Å². The predicted molar refractivity (Wildman–Crippen MR) is 87.5 cm³/mol. The third-order valence-electron chi connectivity index (χ3n) is 4.82. The van der Waals surface area contributed by atoms with Crippen molar-refractivity contribution in [3.8, 4) is 0 Å². The van der Waals surface area contributed by atoms with Crippen molar-refractivity contribution in [2.24, 2.45) is 5.73 Å². The van der Waals surface area contributed by atoms with Crippen molar-refractivity contribution in [1.29, 1.82) is 0 Å². The van der Waals surface area contributed by atoms with Crippen LogP contribution in [0.3, 0.4) is 0 Å². The number of rotatable bonds is 14. The fourth-order valence-electron chi connectivity index (χ4n) is 2.95. The van der Waals surface area contributed by atoms with Crippen molar-refractivity contribution in [2.75, 3.05) is 26.2 Å². The molecular weight excluding hydrogens is 328 g/mol. The molecule has 3 nitrogen and oxygen atoms in total. The fraction of sp³-hybridized carbons (Fsp3) is 0.941. The molecule has 0 radical (unpaired) electrons. The Balaban J connectivity index is 0. The van der Waals surface area contributed by atoms with Crippen LogP contribution < -0.4 is 22.7 Å². The second-order valence-corrected chi connectivity index (χ2v) is 6.06. The van der Waals surface area contributed by atoms with Gasteiger partial charge in [-0.2, -0.15) is 0 Å². The topological polar surface area (TPSA) is 43.1 Å². The van der Waals surface area contributed by atoms with E-state index in [2.05, 4.69) is 20.8 Å². The van der Waals surface area contributed by atoms with Gasteiger partial charge in [0.05, 0.1) is 26.2 Å². The van der Waals surface area contributed by atoms with Crippen LogP contribution in [0.25, 0.3) is 0 Å². The molecule has 0 heterocycles. The summed E-state index contributed by atoms with van der Waals surface area (Å²) in [4.78, 5) is 10.6. The van der Waals surface area contributed by atoms with E-state index in [1.54, 1.807) is 0 Å². The third kappa shape index (κ3) is 12.2. The van der Waals surface area contributed by atoms with E-state index in [1.165, 1.54) is 69.2 Å². The van der Waals surface area contributed by atoms with Crippen molar-refractivity contribution in [3.05, 3.63) is 0 Å². The van der Waals surface area contributed by atoms with Gasteiger partial charge >= 0.3 is 0 Å². The van der Waals surface area contributed by atoms with Crippen LogP contribution in [0.15, 0.2) is 0 Å². The lowest BCUT2D eigenvalue weighted by atomic mass is 10.1. The van der Waals surface area contributed by atoms with E-state index in [0.717, 1.165) is 12.8 Å². The van der Waals surface area contributed by atoms with Gasteiger partial charge in [0.15, 0.2) is 0 Å². The Morgan fingerprint density at radius 3 is 1.52 bits per heavy atom. The zero-order valence-corrected chi connectivity index (χ0v) is 16.1. The van der Waals surface area contributed by atoms with E-state index < -0.39 is 0 Å². The number of amides is 1. The molecule has 4 heteroatoms. The summed E-state index contributed by atoms with van der Waals surface area (Å²) in [5.74, 6) is -0.158. The van der Waals surface area contributed by atoms with Gasteiger partial charge in [-0.3, -0.25) is 4.79 Å². The normalized spacial score (nSPS) is 11.2. The van der Waals surface area contributed by atoms with Gasteiger partial charge in [-0.15, -0.1) is 0 Å². The number of halogens is 1. The summed E-state index contributed by atoms with van der Waals surface area (Å²) in [6, 6.07) is 0. The maximum Gasteiger partial charge on any atom is 0.217 e. The van der Waals surface area contributed by atoms with Crippen molar-refractivity contribution < 1.29 is 26.3 Å². The van der Waals surface area contributed by atoms with E-state index in [4.69, 9.17) is 5.73 Å². The summed E-state index contributed by atoms with van der Waals surface area (Å²) >= 11 is 0. The summed E-state index contributed by atoms with van der Waals surface area (Å²) in [6.07, 6.45) is 10.7. The molecular formula is C17H37BrN2O. The van der Waals surface area contributed by atoms with E-state index in [-0.39, 0.29) is 22.9 Å². The molecule has 0 saturated carbocycles. The molecule has 21 heavy (non-hydrogen) atoms. The van der Waals surface area contributed by atoms with Gasteiger partial charge in [-0.1, -0.05) is 32.1 Å².